The Labute approximate surface area is 106 Å². The molecule has 0 aliphatic carbocycles. The van der Waals surface area contributed by atoms with E-state index < -0.39 is 0 Å². The number of halogens is 1. The van der Waals surface area contributed by atoms with E-state index in [9.17, 15) is 0 Å². The lowest BCUT2D eigenvalue weighted by molar-refractivity contribution is 0.303. The van der Waals surface area contributed by atoms with Crippen LogP contribution in [0.2, 0.25) is 0 Å². The van der Waals surface area contributed by atoms with Gasteiger partial charge in [0, 0.05) is 4.47 Å². The summed E-state index contributed by atoms with van der Waals surface area (Å²) in [5.74, 6) is 0.988. The van der Waals surface area contributed by atoms with Crippen LogP contribution in [0.5, 0.6) is 5.75 Å². The highest BCUT2D eigenvalue weighted by Crippen LogP contribution is 2.22. The highest BCUT2D eigenvalue weighted by atomic mass is 79.9. The fraction of sp³-hybridized carbons (Fsp3) is 0.538. The van der Waals surface area contributed by atoms with Crippen molar-refractivity contribution in [2.75, 3.05) is 13.2 Å². The molecule has 0 aliphatic rings. The first-order valence-electron chi connectivity index (χ1n) is 5.83. The summed E-state index contributed by atoms with van der Waals surface area (Å²) in [6.45, 7) is 3.66. The van der Waals surface area contributed by atoms with E-state index in [1.165, 1.54) is 18.4 Å². The third-order valence-electron chi connectivity index (χ3n) is 2.49. The van der Waals surface area contributed by atoms with E-state index in [2.05, 4.69) is 28.9 Å². The van der Waals surface area contributed by atoms with Crippen molar-refractivity contribution < 1.29 is 4.74 Å². The summed E-state index contributed by atoms with van der Waals surface area (Å²) >= 11 is 3.44. The number of hydrogen-bond donors (Lipinski definition) is 1. The molecule has 0 saturated carbocycles. The van der Waals surface area contributed by atoms with Crippen LogP contribution in [0, 0.1) is 6.92 Å². The van der Waals surface area contributed by atoms with E-state index in [0.717, 1.165) is 36.2 Å². The van der Waals surface area contributed by atoms with Gasteiger partial charge < -0.3 is 10.5 Å². The second kappa shape index (κ2) is 7.69. The molecule has 0 unspecified atom stereocenters. The van der Waals surface area contributed by atoms with Crippen LogP contribution in [0.4, 0.5) is 0 Å². The van der Waals surface area contributed by atoms with Gasteiger partial charge in [-0.3, -0.25) is 0 Å². The Bertz CT molecular complexity index is 315. The van der Waals surface area contributed by atoms with Crippen molar-refractivity contribution in [3.05, 3.63) is 28.2 Å². The lowest BCUT2D eigenvalue weighted by Gasteiger charge is -2.09. The van der Waals surface area contributed by atoms with Gasteiger partial charge >= 0.3 is 0 Å². The molecule has 0 bridgehead atoms. The molecule has 2 nitrogen and oxygen atoms in total. The van der Waals surface area contributed by atoms with Crippen molar-refractivity contribution in [2.45, 2.75) is 32.6 Å². The van der Waals surface area contributed by atoms with Crippen molar-refractivity contribution in [3.8, 4) is 5.75 Å². The Kier molecular flexibility index (Phi) is 6.50. The number of rotatable bonds is 7. The molecule has 0 radical (unpaired) electrons. The zero-order valence-corrected chi connectivity index (χ0v) is 11.4. The van der Waals surface area contributed by atoms with E-state index in [4.69, 9.17) is 10.5 Å². The number of benzene rings is 1. The van der Waals surface area contributed by atoms with Gasteiger partial charge in [-0.05, 0) is 50.1 Å². The fourth-order valence-corrected chi connectivity index (χ4v) is 2.03. The number of unbranched alkanes of at least 4 members (excludes halogenated alkanes) is 3. The Hall–Kier alpha value is -0.540. The first-order chi connectivity index (χ1) is 7.74. The Morgan fingerprint density at radius 3 is 2.62 bits per heavy atom. The molecule has 3 heteroatoms. The van der Waals surface area contributed by atoms with E-state index in [-0.39, 0.29) is 0 Å². The maximum atomic E-state index is 5.72. The molecule has 0 aromatic heterocycles. The summed E-state index contributed by atoms with van der Waals surface area (Å²) in [6.07, 6.45) is 4.64. The van der Waals surface area contributed by atoms with Crippen LogP contribution in [0.15, 0.2) is 22.7 Å². The number of nitrogens with two attached hydrogens (primary N) is 1. The Balaban J connectivity index is 2.21. The zero-order valence-electron chi connectivity index (χ0n) is 9.84. The van der Waals surface area contributed by atoms with Gasteiger partial charge in [0.15, 0.2) is 0 Å². The maximum Gasteiger partial charge on any atom is 0.122 e. The lowest BCUT2D eigenvalue weighted by Crippen LogP contribution is -2.01. The highest BCUT2D eigenvalue weighted by molar-refractivity contribution is 9.10. The predicted octanol–water partition coefficient (Wildman–Crippen LogP) is 3.66. The van der Waals surface area contributed by atoms with Gasteiger partial charge in [-0.2, -0.15) is 0 Å². The summed E-state index contributed by atoms with van der Waals surface area (Å²) in [4.78, 5) is 0. The molecular weight excluding hydrogens is 266 g/mol. The summed E-state index contributed by atoms with van der Waals surface area (Å²) in [5.41, 5.74) is 6.61. The smallest absolute Gasteiger partial charge is 0.122 e. The molecule has 1 rings (SSSR count). The van der Waals surface area contributed by atoms with Crippen LogP contribution < -0.4 is 10.5 Å². The van der Waals surface area contributed by atoms with Gasteiger partial charge in [0.25, 0.3) is 0 Å². The van der Waals surface area contributed by atoms with Crippen molar-refractivity contribution in [2.24, 2.45) is 5.73 Å². The van der Waals surface area contributed by atoms with Gasteiger partial charge in [-0.15, -0.1) is 0 Å². The van der Waals surface area contributed by atoms with Crippen LogP contribution in [0.3, 0.4) is 0 Å². The molecule has 0 aliphatic heterocycles. The average molecular weight is 286 g/mol. The van der Waals surface area contributed by atoms with Gasteiger partial charge in [0.05, 0.1) is 6.61 Å². The summed E-state index contributed by atoms with van der Waals surface area (Å²) in [5, 5.41) is 0. The maximum absolute atomic E-state index is 5.72. The van der Waals surface area contributed by atoms with E-state index in [1.807, 2.05) is 12.1 Å². The molecule has 90 valence electrons. The second-order valence-corrected chi connectivity index (χ2v) is 4.88. The molecule has 0 saturated heterocycles. The van der Waals surface area contributed by atoms with E-state index >= 15 is 0 Å². The number of ether oxygens (including phenoxy) is 1. The lowest BCUT2D eigenvalue weighted by atomic mass is 10.2. The monoisotopic (exact) mass is 285 g/mol. The van der Waals surface area contributed by atoms with Gasteiger partial charge in [-0.25, -0.2) is 0 Å². The standard InChI is InChI=1S/C13H20BrNO/c1-11-10-12(14)6-7-13(11)16-9-5-3-2-4-8-15/h6-7,10H,2-5,8-9,15H2,1H3. The first-order valence-corrected chi connectivity index (χ1v) is 6.62. The molecule has 0 atom stereocenters. The number of aryl methyl sites for hydroxylation is 1. The van der Waals surface area contributed by atoms with Crippen LogP contribution in [0.25, 0.3) is 0 Å². The zero-order chi connectivity index (χ0) is 11.8. The SMILES string of the molecule is Cc1cc(Br)ccc1OCCCCCCN. The molecule has 16 heavy (non-hydrogen) atoms. The van der Waals surface area contributed by atoms with E-state index in [0.29, 0.717) is 0 Å². The van der Waals surface area contributed by atoms with E-state index in [1.54, 1.807) is 0 Å². The second-order valence-electron chi connectivity index (χ2n) is 3.96. The van der Waals surface area contributed by atoms with Crippen molar-refractivity contribution in [1.82, 2.24) is 0 Å². The number of hydrogen-bond acceptors (Lipinski definition) is 2. The normalized spacial score (nSPS) is 10.4. The predicted molar refractivity (Wildman–Crippen MR) is 71.9 cm³/mol. The van der Waals surface area contributed by atoms with Gasteiger partial charge in [0.1, 0.15) is 5.75 Å². The van der Waals surface area contributed by atoms with Crippen molar-refractivity contribution in [3.63, 3.8) is 0 Å². The van der Waals surface area contributed by atoms with Crippen LogP contribution >= 0.6 is 15.9 Å². The van der Waals surface area contributed by atoms with Gasteiger partial charge in [-0.1, -0.05) is 28.8 Å². The molecule has 0 amide bonds. The summed E-state index contributed by atoms with van der Waals surface area (Å²) < 4.78 is 6.82. The molecule has 1 aromatic rings. The minimum atomic E-state index is 0.798. The highest BCUT2D eigenvalue weighted by Gasteiger charge is 1.99. The minimum Gasteiger partial charge on any atom is -0.493 e. The average Bonchev–Trinajstić information content (AvgIpc) is 2.26. The molecule has 0 spiro atoms. The first kappa shape index (κ1) is 13.5. The largest absolute Gasteiger partial charge is 0.493 e. The molecule has 0 fully saturated rings. The summed E-state index contributed by atoms with van der Waals surface area (Å²) in [7, 11) is 0. The quantitative estimate of drug-likeness (QED) is 0.776. The van der Waals surface area contributed by atoms with Gasteiger partial charge in [0.2, 0.25) is 0 Å². The molecular formula is C13H20BrNO. The Morgan fingerprint density at radius 1 is 1.19 bits per heavy atom. The third-order valence-corrected chi connectivity index (χ3v) is 2.99. The third kappa shape index (κ3) is 4.99. The summed E-state index contributed by atoms with van der Waals surface area (Å²) in [6, 6.07) is 6.10. The topological polar surface area (TPSA) is 35.2 Å². The fourth-order valence-electron chi connectivity index (χ4n) is 1.56. The molecule has 2 N–H and O–H groups in total. The van der Waals surface area contributed by atoms with Crippen LogP contribution in [-0.4, -0.2) is 13.2 Å². The Morgan fingerprint density at radius 2 is 1.94 bits per heavy atom. The van der Waals surface area contributed by atoms with Crippen molar-refractivity contribution >= 4 is 15.9 Å². The van der Waals surface area contributed by atoms with Crippen LogP contribution in [-0.2, 0) is 0 Å². The minimum absolute atomic E-state index is 0.798. The molecule has 1 aromatic carbocycles. The van der Waals surface area contributed by atoms with Crippen molar-refractivity contribution in [1.29, 1.82) is 0 Å². The van der Waals surface area contributed by atoms with Crippen LogP contribution in [0.1, 0.15) is 31.2 Å². The molecule has 0 heterocycles.